The number of hydrogen-bond acceptors (Lipinski definition) is 2. The molecule has 1 aliphatic rings. The van der Waals surface area contributed by atoms with Gasteiger partial charge in [0.2, 0.25) is 0 Å². The molecule has 1 aliphatic heterocycles. The van der Waals surface area contributed by atoms with E-state index in [0.717, 1.165) is 53.5 Å². The Labute approximate surface area is 136 Å². The molecule has 0 N–H and O–H groups in total. The van der Waals surface area contributed by atoms with Gasteiger partial charge in [-0.15, -0.1) is 0 Å². The fourth-order valence-electron chi connectivity index (χ4n) is 2.41. The summed E-state index contributed by atoms with van der Waals surface area (Å²) in [4.78, 5) is 14.5. The summed E-state index contributed by atoms with van der Waals surface area (Å²) in [5.74, 6) is 0.111. The van der Waals surface area contributed by atoms with E-state index >= 15 is 0 Å². The van der Waals surface area contributed by atoms with Crippen LogP contribution < -0.4 is 0 Å². The highest BCUT2D eigenvalue weighted by atomic mass is 79.9. The molecule has 5 heteroatoms. The number of nitrogens with zero attached hydrogens (tertiary/aromatic N) is 1. The first-order valence-electron chi connectivity index (χ1n) is 6.85. The van der Waals surface area contributed by atoms with Crippen molar-refractivity contribution in [2.75, 3.05) is 25.0 Å². The Bertz CT molecular complexity index is 471. The number of hydrogen-bond donors (Lipinski definition) is 0. The van der Waals surface area contributed by atoms with Crippen LogP contribution in [0, 0.1) is 6.92 Å². The first kappa shape index (κ1) is 16.0. The Morgan fingerprint density at radius 2 is 2.10 bits per heavy atom. The molecule has 2 rings (SSSR count). The molecular formula is C15H19Br2NO2. The average molecular weight is 405 g/mol. The summed E-state index contributed by atoms with van der Waals surface area (Å²) in [6.45, 7) is 4.28. The Hall–Kier alpha value is -0.390. The Kier molecular flexibility index (Phi) is 6.05. The van der Waals surface area contributed by atoms with Crippen LogP contribution in [0.5, 0.6) is 0 Å². The van der Waals surface area contributed by atoms with E-state index in [9.17, 15) is 4.79 Å². The fourth-order valence-corrected chi connectivity index (χ4v) is 3.01. The number of aryl methyl sites for hydroxylation is 1. The van der Waals surface area contributed by atoms with Crippen molar-refractivity contribution in [2.45, 2.75) is 25.9 Å². The van der Waals surface area contributed by atoms with Gasteiger partial charge in [-0.3, -0.25) is 4.79 Å². The minimum Gasteiger partial charge on any atom is -0.377 e. The van der Waals surface area contributed by atoms with Crippen molar-refractivity contribution < 1.29 is 9.53 Å². The summed E-state index contributed by atoms with van der Waals surface area (Å²) in [6, 6.07) is 5.88. The third-order valence-electron chi connectivity index (χ3n) is 3.51. The number of halogens is 2. The topological polar surface area (TPSA) is 29.5 Å². The van der Waals surface area contributed by atoms with Gasteiger partial charge in [0.25, 0.3) is 5.91 Å². The first-order valence-corrected chi connectivity index (χ1v) is 8.76. The second-order valence-corrected chi connectivity index (χ2v) is 6.68. The molecule has 0 spiro atoms. The van der Waals surface area contributed by atoms with Crippen LogP contribution in [-0.4, -0.2) is 41.9 Å². The van der Waals surface area contributed by atoms with Crippen molar-refractivity contribution in [2.24, 2.45) is 0 Å². The van der Waals surface area contributed by atoms with Crippen molar-refractivity contribution in [1.82, 2.24) is 4.90 Å². The average Bonchev–Trinajstić information content (AvgIpc) is 2.47. The molecule has 1 aromatic rings. The van der Waals surface area contributed by atoms with Crippen LogP contribution >= 0.6 is 31.9 Å². The lowest BCUT2D eigenvalue weighted by molar-refractivity contribution is 0.0159. The maximum Gasteiger partial charge on any atom is 0.255 e. The lowest BCUT2D eigenvalue weighted by Crippen LogP contribution is -2.41. The van der Waals surface area contributed by atoms with Crippen molar-refractivity contribution >= 4 is 37.8 Å². The summed E-state index contributed by atoms with van der Waals surface area (Å²) in [7, 11) is 0. The molecule has 1 amide bonds. The van der Waals surface area contributed by atoms with Crippen LogP contribution in [0.15, 0.2) is 22.7 Å². The minimum atomic E-state index is 0.111. The summed E-state index contributed by atoms with van der Waals surface area (Å²) in [5.41, 5.74) is 1.86. The Morgan fingerprint density at radius 1 is 1.40 bits per heavy atom. The maximum atomic E-state index is 12.5. The van der Waals surface area contributed by atoms with E-state index in [0.29, 0.717) is 0 Å². The maximum absolute atomic E-state index is 12.5. The van der Waals surface area contributed by atoms with Gasteiger partial charge < -0.3 is 9.64 Å². The van der Waals surface area contributed by atoms with Gasteiger partial charge in [0.15, 0.2) is 0 Å². The van der Waals surface area contributed by atoms with E-state index < -0.39 is 0 Å². The van der Waals surface area contributed by atoms with Crippen LogP contribution in [0.1, 0.15) is 28.8 Å². The minimum absolute atomic E-state index is 0.111. The largest absolute Gasteiger partial charge is 0.377 e. The molecule has 1 saturated heterocycles. The van der Waals surface area contributed by atoms with Crippen molar-refractivity contribution in [3.63, 3.8) is 0 Å². The van der Waals surface area contributed by atoms with Crippen LogP contribution in [0.25, 0.3) is 0 Å². The second-order valence-electron chi connectivity index (χ2n) is 5.03. The highest BCUT2D eigenvalue weighted by molar-refractivity contribution is 9.10. The quantitative estimate of drug-likeness (QED) is 0.714. The van der Waals surface area contributed by atoms with Gasteiger partial charge in [-0.25, -0.2) is 0 Å². The summed E-state index contributed by atoms with van der Waals surface area (Å²) < 4.78 is 6.58. The number of ether oxygens (including phenoxy) is 1. The molecule has 0 bridgehead atoms. The van der Waals surface area contributed by atoms with Crippen molar-refractivity contribution in [3.8, 4) is 0 Å². The normalized spacial score (nSPS) is 16.4. The molecule has 3 nitrogen and oxygen atoms in total. The van der Waals surface area contributed by atoms with Gasteiger partial charge in [-0.1, -0.05) is 27.6 Å². The predicted octanol–water partition coefficient (Wildman–Crippen LogP) is 3.77. The molecule has 1 aromatic carbocycles. The smallest absolute Gasteiger partial charge is 0.255 e. The van der Waals surface area contributed by atoms with E-state index in [1.54, 1.807) is 0 Å². The zero-order chi connectivity index (χ0) is 14.5. The van der Waals surface area contributed by atoms with E-state index in [2.05, 4.69) is 31.9 Å². The lowest BCUT2D eigenvalue weighted by Gasteiger charge is -2.32. The van der Waals surface area contributed by atoms with Gasteiger partial charge in [0.1, 0.15) is 0 Å². The molecule has 1 heterocycles. The first-order chi connectivity index (χ1) is 9.61. The molecule has 110 valence electrons. The van der Waals surface area contributed by atoms with E-state index in [4.69, 9.17) is 4.74 Å². The zero-order valence-electron chi connectivity index (χ0n) is 11.6. The molecule has 0 aliphatic carbocycles. The Balaban J connectivity index is 1.96. The second kappa shape index (κ2) is 7.57. The third kappa shape index (κ3) is 4.06. The monoisotopic (exact) mass is 403 g/mol. The van der Waals surface area contributed by atoms with Crippen LogP contribution in [0.2, 0.25) is 0 Å². The Morgan fingerprint density at radius 3 is 2.75 bits per heavy atom. The van der Waals surface area contributed by atoms with Gasteiger partial charge in [-0.2, -0.15) is 0 Å². The molecule has 0 aromatic heterocycles. The fraction of sp³-hybridized carbons (Fsp3) is 0.533. The zero-order valence-corrected chi connectivity index (χ0v) is 14.7. The van der Waals surface area contributed by atoms with Gasteiger partial charge in [0.05, 0.1) is 18.3 Å². The molecule has 0 atom stereocenters. The number of benzene rings is 1. The summed E-state index contributed by atoms with van der Waals surface area (Å²) in [6.07, 6.45) is 2.13. The number of amides is 1. The van der Waals surface area contributed by atoms with Gasteiger partial charge in [-0.05, 0) is 47.8 Å². The number of carbonyl (C=O) groups is 1. The number of carbonyl (C=O) groups excluding carboxylic acids is 1. The molecular weight excluding hydrogens is 386 g/mol. The van der Waals surface area contributed by atoms with E-state index in [-0.39, 0.29) is 12.0 Å². The van der Waals surface area contributed by atoms with Gasteiger partial charge in [0, 0.05) is 22.9 Å². The molecule has 0 saturated carbocycles. The SMILES string of the molecule is Cc1ccc(Br)c(C(=O)N2CCC(OCCBr)CC2)c1. The number of likely N-dealkylation sites (tertiary alicyclic amines) is 1. The van der Waals surface area contributed by atoms with Crippen LogP contribution in [0.4, 0.5) is 0 Å². The molecule has 0 radical (unpaired) electrons. The van der Waals surface area contributed by atoms with Gasteiger partial charge >= 0.3 is 0 Å². The summed E-state index contributed by atoms with van der Waals surface area (Å²) in [5, 5.41) is 0.863. The standard InChI is InChI=1S/C15H19Br2NO2/c1-11-2-3-14(17)13(10-11)15(19)18-7-4-12(5-8-18)20-9-6-16/h2-3,10,12H,4-9H2,1H3. The summed E-state index contributed by atoms with van der Waals surface area (Å²) >= 11 is 6.83. The highest BCUT2D eigenvalue weighted by Crippen LogP contribution is 2.22. The van der Waals surface area contributed by atoms with Crippen molar-refractivity contribution in [3.05, 3.63) is 33.8 Å². The highest BCUT2D eigenvalue weighted by Gasteiger charge is 2.25. The predicted molar refractivity (Wildman–Crippen MR) is 87.6 cm³/mol. The number of rotatable bonds is 4. The van der Waals surface area contributed by atoms with Crippen LogP contribution in [0.3, 0.4) is 0 Å². The third-order valence-corrected chi connectivity index (χ3v) is 4.53. The number of alkyl halides is 1. The van der Waals surface area contributed by atoms with E-state index in [1.165, 1.54) is 0 Å². The lowest BCUT2D eigenvalue weighted by atomic mass is 10.1. The van der Waals surface area contributed by atoms with Crippen molar-refractivity contribution in [1.29, 1.82) is 0 Å². The molecule has 20 heavy (non-hydrogen) atoms. The van der Waals surface area contributed by atoms with Crippen LogP contribution in [-0.2, 0) is 4.74 Å². The van der Waals surface area contributed by atoms with E-state index in [1.807, 2.05) is 30.0 Å². The molecule has 0 unspecified atom stereocenters. The molecule has 1 fully saturated rings. The number of piperidine rings is 1.